The molecule has 0 fully saturated rings. The minimum Gasteiger partial charge on any atom is -0.354 e. The molecule has 0 saturated carbocycles. The van der Waals surface area contributed by atoms with Crippen LogP contribution in [0.15, 0.2) is 17.3 Å². The van der Waals surface area contributed by atoms with Crippen LogP contribution in [0, 0.1) is 6.92 Å². The fourth-order valence-electron chi connectivity index (χ4n) is 1.49. The number of imidazole rings is 1. The summed E-state index contributed by atoms with van der Waals surface area (Å²) in [5.74, 6) is 2.26. The van der Waals surface area contributed by atoms with E-state index in [-0.39, 0.29) is 5.56 Å². The van der Waals surface area contributed by atoms with Crippen LogP contribution in [0.1, 0.15) is 11.4 Å². The average molecular weight is 280 g/mol. The van der Waals surface area contributed by atoms with Crippen LogP contribution in [0.4, 0.5) is 5.95 Å². The molecule has 0 aliphatic heterocycles. The third-order valence-electron chi connectivity index (χ3n) is 2.57. The van der Waals surface area contributed by atoms with Crippen molar-refractivity contribution in [3.05, 3.63) is 34.3 Å². The fourth-order valence-corrected chi connectivity index (χ4v) is 2.36. The van der Waals surface area contributed by atoms with Crippen molar-refractivity contribution in [3.63, 3.8) is 0 Å². The first kappa shape index (κ1) is 13.6. The molecule has 0 aliphatic rings. The van der Waals surface area contributed by atoms with E-state index in [1.807, 2.05) is 6.92 Å². The molecule has 102 valence electrons. The van der Waals surface area contributed by atoms with Crippen LogP contribution < -0.4 is 10.9 Å². The molecule has 0 aromatic carbocycles. The number of nitrogens with zero attached hydrogens (tertiary/aromatic N) is 4. The Morgan fingerprint density at radius 1 is 1.53 bits per heavy atom. The summed E-state index contributed by atoms with van der Waals surface area (Å²) < 4.78 is 1.55. The minimum atomic E-state index is -0.333. The van der Waals surface area contributed by atoms with Crippen LogP contribution in [0.2, 0.25) is 0 Å². The second-order valence-corrected chi connectivity index (χ2v) is 5.10. The van der Waals surface area contributed by atoms with Crippen molar-refractivity contribution >= 4 is 17.7 Å². The van der Waals surface area contributed by atoms with Gasteiger partial charge < -0.3 is 10.3 Å². The zero-order valence-electron chi connectivity index (χ0n) is 10.9. The predicted octanol–water partition coefficient (Wildman–Crippen LogP) is 0.552. The normalized spacial score (nSPS) is 10.6. The van der Waals surface area contributed by atoms with Gasteiger partial charge in [-0.3, -0.25) is 4.79 Å². The molecule has 0 atom stereocenters. The van der Waals surface area contributed by atoms with Gasteiger partial charge in [0.2, 0.25) is 5.95 Å². The Kier molecular flexibility index (Phi) is 4.56. The van der Waals surface area contributed by atoms with Gasteiger partial charge in [0.25, 0.3) is 5.56 Å². The van der Waals surface area contributed by atoms with Crippen molar-refractivity contribution in [3.8, 4) is 0 Å². The SMILES string of the molecule is Cc1[nH]cnc1CSCCNc1nc(=O)cnn1C. The summed E-state index contributed by atoms with van der Waals surface area (Å²) in [6.07, 6.45) is 2.90. The molecule has 2 N–H and O–H groups in total. The van der Waals surface area contributed by atoms with Crippen LogP contribution in [-0.2, 0) is 12.8 Å². The zero-order chi connectivity index (χ0) is 13.7. The largest absolute Gasteiger partial charge is 0.354 e. The molecule has 0 amide bonds. The van der Waals surface area contributed by atoms with Gasteiger partial charge in [-0.1, -0.05) is 0 Å². The molecule has 0 radical (unpaired) electrons. The lowest BCUT2D eigenvalue weighted by Gasteiger charge is -2.07. The lowest BCUT2D eigenvalue weighted by molar-refractivity contribution is 0.711. The number of nitrogens with one attached hydrogen (secondary N) is 2. The Morgan fingerprint density at radius 3 is 3.11 bits per heavy atom. The Morgan fingerprint density at radius 2 is 2.37 bits per heavy atom. The van der Waals surface area contributed by atoms with Crippen LogP contribution in [0.3, 0.4) is 0 Å². The van der Waals surface area contributed by atoms with Gasteiger partial charge in [0.1, 0.15) is 6.20 Å². The van der Waals surface area contributed by atoms with Crippen molar-refractivity contribution < 1.29 is 0 Å². The van der Waals surface area contributed by atoms with Crippen molar-refractivity contribution in [2.45, 2.75) is 12.7 Å². The van der Waals surface area contributed by atoms with E-state index >= 15 is 0 Å². The summed E-state index contributed by atoms with van der Waals surface area (Å²) >= 11 is 1.77. The van der Waals surface area contributed by atoms with Crippen LogP contribution in [0.5, 0.6) is 0 Å². The van der Waals surface area contributed by atoms with Crippen molar-refractivity contribution in [1.82, 2.24) is 24.7 Å². The molecule has 2 rings (SSSR count). The third kappa shape index (κ3) is 3.82. The van der Waals surface area contributed by atoms with Gasteiger partial charge in [-0.05, 0) is 6.92 Å². The summed E-state index contributed by atoms with van der Waals surface area (Å²) in [5.41, 5.74) is 1.86. The summed E-state index contributed by atoms with van der Waals surface area (Å²) in [7, 11) is 1.75. The maximum atomic E-state index is 11.1. The van der Waals surface area contributed by atoms with Gasteiger partial charge >= 0.3 is 0 Å². The highest BCUT2D eigenvalue weighted by molar-refractivity contribution is 7.98. The summed E-state index contributed by atoms with van der Waals surface area (Å²) in [6.45, 7) is 2.73. The molecular weight excluding hydrogens is 264 g/mol. The van der Waals surface area contributed by atoms with E-state index in [1.165, 1.54) is 6.20 Å². The van der Waals surface area contributed by atoms with Gasteiger partial charge in [0, 0.05) is 30.8 Å². The average Bonchev–Trinajstić information content (AvgIpc) is 2.79. The Labute approximate surface area is 114 Å². The standard InChI is InChI=1S/C11H16N6OS/c1-8-9(14-7-13-8)6-19-4-3-12-11-16-10(18)5-15-17(11)2/h5,7H,3-4,6H2,1-2H3,(H,13,14)(H,12,16,18). The monoisotopic (exact) mass is 280 g/mol. The Hall–Kier alpha value is -1.83. The maximum Gasteiger partial charge on any atom is 0.293 e. The summed E-state index contributed by atoms with van der Waals surface area (Å²) in [4.78, 5) is 22.2. The molecule has 2 aromatic rings. The van der Waals surface area contributed by atoms with Gasteiger partial charge in [-0.2, -0.15) is 21.8 Å². The van der Waals surface area contributed by atoms with E-state index in [9.17, 15) is 4.79 Å². The number of rotatable bonds is 6. The number of hydrogen-bond donors (Lipinski definition) is 2. The third-order valence-corrected chi connectivity index (χ3v) is 3.54. The van der Waals surface area contributed by atoms with Crippen molar-refractivity contribution in [2.75, 3.05) is 17.6 Å². The van der Waals surface area contributed by atoms with Gasteiger partial charge in [0.05, 0.1) is 12.0 Å². The van der Waals surface area contributed by atoms with E-state index in [4.69, 9.17) is 0 Å². The highest BCUT2D eigenvalue weighted by Gasteiger charge is 2.02. The minimum absolute atomic E-state index is 0.333. The molecule has 7 nitrogen and oxygen atoms in total. The van der Waals surface area contributed by atoms with E-state index in [0.29, 0.717) is 5.95 Å². The number of hydrogen-bond acceptors (Lipinski definition) is 6. The number of anilines is 1. The summed E-state index contributed by atoms with van der Waals surface area (Å²) in [6, 6.07) is 0. The molecule has 19 heavy (non-hydrogen) atoms. The molecule has 0 bridgehead atoms. The predicted molar refractivity (Wildman–Crippen MR) is 75.2 cm³/mol. The first-order valence-corrected chi connectivity index (χ1v) is 7.03. The second kappa shape index (κ2) is 6.37. The van der Waals surface area contributed by atoms with Crippen LogP contribution >= 0.6 is 11.8 Å². The smallest absolute Gasteiger partial charge is 0.293 e. The highest BCUT2D eigenvalue weighted by Crippen LogP contribution is 2.12. The Balaban J connectivity index is 1.74. The lowest BCUT2D eigenvalue weighted by Crippen LogP contribution is -2.19. The molecule has 0 spiro atoms. The number of aromatic amines is 1. The second-order valence-electron chi connectivity index (χ2n) is 4.00. The molecule has 0 unspecified atom stereocenters. The maximum absolute atomic E-state index is 11.1. The number of thioether (sulfide) groups is 1. The van der Waals surface area contributed by atoms with Crippen LogP contribution in [-0.4, -0.2) is 37.0 Å². The topological polar surface area (TPSA) is 88.5 Å². The van der Waals surface area contributed by atoms with Gasteiger partial charge in [0.15, 0.2) is 0 Å². The van der Waals surface area contributed by atoms with Crippen molar-refractivity contribution in [2.24, 2.45) is 7.05 Å². The van der Waals surface area contributed by atoms with E-state index in [2.05, 4.69) is 25.4 Å². The van der Waals surface area contributed by atoms with Crippen molar-refractivity contribution in [1.29, 1.82) is 0 Å². The molecule has 2 aromatic heterocycles. The molecular formula is C11H16N6OS. The number of H-pyrrole nitrogens is 1. The first-order chi connectivity index (χ1) is 9.16. The van der Waals surface area contributed by atoms with Crippen LogP contribution in [0.25, 0.3) is 0 Å². The van der Waals surface area contributed by atoms with E-state index in [1.54, 1.807) is 29.8 Å². The quantitative estimate of drug-likeness (QED) is 0.751. The summed E-state index contributed by atoms with van der Waals surface area (Å²) in [5, 5.41) is 6.98. The Bertz CT molecular complexity index is 593. The molecule has 0 aliphatic carbocycles. The van der Waals surface area contributed by atoms with Gasteiger partial charge in [-0.15, -0.1) is 0 Å². The molecule has 0 saturated heterocycles. The molecule has 8 heteroatoms. The van der Waals surface area contributed by atoms with Gasteiger partial charge in [-0.25, -0.2) is 9.67 Å². The number of aromatic nitrogens is 5. The number of aryl methyl sites for hydroxylation is 2. The lowest BCUT2D eigenvalue weighted by atomic mass is 10.4. The molecule has 2 heterocycles. The van der Waals surface area contributed by atoms with E-state index < -0.39 is 0 Å². The highest BCUT2D eigenvalue weighted by atomic mass is 32.2. The van der Waals surface area contributed by atoms with E-state index in [0.717, 1.165) is 29.4 Å². The zero-order valence-corrected chi connectivity index (χ0v) is 11.7. The fraction of sp³-hybridized carbons (Fsp3) is 0.455. The first-order valence-electron chi connectivity index (χ1n) is 5.87.